The van der Waals surface area contributed by atoms with Crippen molar-refractivity contribution in [3.05, 3.63) is 47.3 Å². The minimum absolute atomic E-state index is 0.0188. The number of nitrogens with zero attached hydrogens (tertiary/aromatic N) is 3. The van der Waals surface area contributed by atoms with Crippen molar-refractivity contribution in [3.63, 3.8) is 0 Å². The number of ketones is 3. The molecule has 2 saturated carbocycles. The van der Waals surface area contributed by atoms with Gasteiger partial charge in [-0.15, -0.1) is 0 Å². The minimum Gasteiger partial charge on any atom is -0.507 e. The highest BCUT2D eigenvalue weighted by molar-refractivity contribution is 6.25. The number of benzene rings is 1. The zero-order valence-electron chi connectivity index (χ0n) is 23.4. The lowest BCUT2D eigenvalue weighted by Gasteiger charge is -2.55. The van der Waals surface area contributed by atoms with Gasteiger partial charge in [-0.3, -0.25) is 24.2 Å². The molecule has 3 aliphatic rings. The molecule has 2 fully saturated rings. The number of likely N-dealkylation sites (N-methyl/N-ethyl adjacent to an activating group) is 1. The van der Waals surface area contributed by atoms with E-state index in [1.165, 1.54) is 0 Å². The standard InChI is InChI=1S/C29H35N5O7/c1-33(2)18-10-14(11-32-15-6-5-7-31-12-15)23(35)20-16(18)8-13-9-17-22(34(3)4)25(37)21(28(30)40)27(39)29(17,41)26(38)19(13)24(20)36/h5-7,10,12-13,17,19,21-22,25,32,35,37,41H,8-9,11H2,1-4H3,(H2,30,40)/t13-,17-,19?,21+,22-,25?,29-/m0/s1. The Morgan fingerprint density at radius 2 is 1.90 bits per heavy atom. The molecule has 3 aliphatic carbocycles. The number of primary amides is 1. The average molecular weight is 566 g/mol. The van der Waals surface area contributed by atoms with Crippen molar-refractivity contribution in [1.29, 1.82) is 0 Å². The Balaban J connectivity index is 1.60. The SMILES string of the molecule is CN(C)c1cc(CNc2cccnc2)c(O)c2c1C[C@H]1C[C@H]3[C@H](N(C)C)C(O)[C@@H](C(N)=O)C(=O)[C@@]3(O)C(=O)C1C2=O. The van der Waals surface area contributed by atoms with Crippen molar-refractivity contribution in [2.75, 3.05) is 38.4 Å². The van der Waals surface area contributed by atoms with Crippen LogP contribution in [0.1, 0.15) is 27.9 Å². The lowest BCUT2D eigenvalue weighted by atomic mass is 9.52. The number of fused-ring (bicyclic) bond motifs is 3. The molecule has 0 spiro atoms. The van der Waals surface area contributed by atoms with Gasteiger partial charge in [0.2, 0.25) is 5.91 Å². The Kier molecular flexibility index (Phi) is 7.13. The number of aliphatic hydroxyl groups is 2. The summed E-state index contributed by atoms with van der Waals surface area (Å²) in [6.45, 7) is 0.161. The summed E-state index contributed by atoms with van der Waals surface area (Å²) >= 11 is 0. The molecule has 41 heavy (non-hydrogen) atoms. The molecule has 5 rings (SSSR count). The summed E-state index contributed by atoms with van der Waals surface area (Å²) in [6.07, 6.45) is 2.00. The number of aliphatic hydroxyl groups excluding tert-OH is 1. The molecule has 0 radical (unpaired) electrons. The van der Waals surface area contributed by atoms with E-state index < -0.39 is 64.7 Å². The highest BCUT2D eigenvalue weighted by atomic mass is 16.3. The lowest BCUT2D eigenvalue weighted by Crippen LogP contribution is -2.75. The number of carbonyl (C=O) groups excluding carboxylic acids is 4. The van der Waals surface area contributed by atoms with Gasteiger partial charge in [0.15, 0.2) is 23.0 Å². The van der Waals surface area contributed by atoms with Crippen LogP contribution in [-0.2, 0) is 27.3 Å². The van der Waals surface area contributed by atoms with Crippen LogP contribution in [0.25, 0.3) is 0 Å². The topological polar surface area (TPSA) is 186 Å². The van der Waals surface area contributed by atoms with Crippen LogP contribution >= 0.6 is 0 Å². The van der Waals surface area contributed by atoms with Crippen molar-refractivity contribution in [2.24, 2.45) is 29.4 Å². The van der Waals surface area contributed by atoms with Crippen LogP contribution in [-0.4, -0.2) is 94.4 Å². The van der Waals surface area contributed by atoms with Gasteiger partial charge in [-0.05, 0) is 56.6 Å². The summed E-state index contributed by atoms with van der Waals surface area (Å²) < 4.78 is 0. The molecule has 12 heteroatoms. The maximum atomic E-state index is 14.1. The Labute approximate surface area is 237 Å². The van der Waals surface area contributed by atoms with Gasteiger partial charge in [0.05, 0.1) is 23.3 Å². The predicted molar refractivity (Wildman–Crippen MR) is 148 cm³/mol. The van der Waals surface area contributed by atoms with Gasteiger partial charge in [-0.1, -0.05) is 0 Å². The number of phenols is 1. The average Bonchev–Trinajstić information content (AvgIpc) is 2.90. The predicted octanol–water partition coefficient (Wildman–Crippen LogP) is -0.268. The monoisotopic (exact) mass is 565 g/mol. The summed E-state index contributed by atoms with van der Waals surface area (Å²) in [5.74, 6) is -9.22. The van der Waals surface area contributed by atoms with Gasteiger partial charge < -0.3 is 36.2 Å². The molecule has 2 unspecified atom stereocenters. The van der Waals surface area contributed by atoms with E-state index in [9.17, 15) is 34.5 Å². The quantitative estimate of drug-likeness (QED) is 0.290. The van der Waals surface area contributed by atoms with E-state index in [1.807, 2.05) is 19.0 Å². The van der Waals surface area contributed by atoms with E-state index in [0.717, 1.165) is 0 Å². The molecule has 1 heterocycles. The van der Waals surface area contributed by atoms with Gasteiger partial charge in [0, 0.05) is 56.2 Å². The Bertz CT molecular complexity index is 1430. The summed E-state index contributed by atoms with van der Waals surface area (Å²) in [5.41, 5.74) is 5.11. The number of Topliss-reactive ketones (excluding diaryl/α,β-unsaturated/α-hetero) is 3. The summed E-state index contributed by atoms with van der Waals surface area (Å²) in [6, 6.07) is 4.41. The molecule has 2 aromatic rings. The van der Waals surface area contributed by atoms with Crippen LogP contribution in [0.4, 0.5) is 11.4 Å². The molecular weight excluding hydrogens is 530 g/mol. The largest absolute Gasteiger partial charge is 0.507 e. The first-order chi connectivity index (χ1) is 19.3. The highest BCUT2D eigenvalue weighted by Gasteiger charge is 2.69. The van der Waals surface area contributed by atoms with Crippen molar-refractivity contribution in [1.82, 2.24) is 9.88 Å². The maximum absolute atomic E-state index is 14.1. The fourth-order valence-electron chi connectivity index (χ4n) is 7.12. The van der Waals surface area contributed by atoms with Gasteiger partial charge >= 0.3 is 0 Å². The molecule has 1 aromatic carbocycles. The molecule has 0 bridgehead atoms. The van der Waals surface area contributed by atoms with Crippen molar-refractivity contribution in [3.8, 4) is 5.75 Å². The van der Waals surface area contributed by atoms with Crippen molar-refractivity contribution in [2.45, 2.75) is 37.1 Å². The highest BCUT2D eigenvalue weighted by Crippen LogP contribution is 2.52. The summed E-state index contributed by atoms with van der Waals surface area (Å²) in [4.78, 5) is 61.3. The molecule has 0 saturated heterocycles. The van der Waals surface area contributed by atoms with Crippen LogP contribution in [0.15, 0.2) is 30.6 Å². The van der Waals surface area contributed by atoms with E-state index in [-0.39, 0.29) is 30.7 Å². The number of anilines is 2. The van der Waals surface area contributed by atoms with Crippen molar-refractivity contribution < 1.29 is 34.5 Å². The molecule has 12 nitrogen and oxygen atoms in total. The molecule has 6 N–H and O–H groups in total. The van der Waals surface area contributed by atoms with Gasteiger partial charge in [-0.2, -0.15) is 0 Å². The zero-order chi connectivity index (χ0) is 30.0. The number of pyridine rings is 1. The second-order valence-corrected chi connectivity index (χ2v) is 11.7. The van der Waals surface area contributed by atoms with Crippen LogP contribution in [0, 0.1) is 23.7 Å². The van der Waals surface area contributed by atoms with Crippen LogP contribution in [0.3, 0.4) is 0 Å². The summed E-state index contributed by atoms with van der Waals surface area (Å²) in [7, 11) is 6.86. The van der Waals surface area contributed by atoms with E-state index in [2.05, 4.69) is 10.3 Å². The fourth-order valence-corrected chi connectivity index (χ4v) is 7.12. The number of aromatic hydroxyl groups is 1. The molecule has 218 valence electrons. The van der Waals surface area contributed by atoms with Gasteiger partial charge in [0.25, 0.3) is 0 Å². The third-order valence-corrected chi connectivity index (χ3v) is 8.97. The maximum Gasteiger partial charge on any atom is 0.230 e. The number of hydrogen-bond acceptors (Lipinski definition) is 11. The van der Waals surface area contributed by atoms with E-state index in [0.29, 0.717) is 22.5 Å². The number of nitrogens with two attached hydrogens (primary N) is 1. The molecule has 7 atom stereocenters. The molecule has 0 aliphatic heterocycles. The van der Waals surface area contributed by atoms with Gasteiger partial charge in [0.1, 0.15) is 11.7 Å². The Morgan fingerprint density at radius 3 is 2.49 bits per heavy atom. The number of rotatable bonds is 6. The van der Waals surface area contributed by atoms with Crippen LogP contribution < -0.4 is 16.0 Å². The second-order valence-electron chi connectivity index (χ2n) is 11.7. The van der Waals surface area contributed by atoms with E-state index >= 15 is 0 Å². The molecule has 1 amide bonds. The Hall–Kier alpha value is -3.87. The second kappa shape index (κ2) is 10.2. The minimum atomic E-state index is -2.69. The molecular formula is C29H35N5O7. The number of aromatic nitrogens is 1. The smallest absolute Gasteiger partial charge is 0.230 e. The number of hydrogen-bond donors (Lipinski definition) is 5. The van der Waals surface area contributed by atoms with E-state index in [4.69, 9.17) is 5.73 Å². The first-order valence-corrected chi connectivity index (χ1v) is 13.5. The third-order valence-electron chi connectivity index (χ3n) is 8.97. The zero-order valence-corrected chi connectivity index (χ0v) is 23.4. The van der Waals surface area contributed by atoms with Crippen LogP contribution in [0.5, 0.6) is 5.75 Å². The third kappa shape index (κ3) is 4.28. The lowest BCUT2D eigenvalue weighted by molar-refractivity contribution is -0.190. The first-order valence-electron chi connectivity index (χ1n) is 13.5. The van der Waals surface area contributed by atoms with Crippen LogP contribution in [0.2, 0.25) is 0 Å². The number of amides is 1. The summed E-state index contributed by atoms with van der Waals surface area (Å²) in [5, 5.41) is 37.3. The fraction of sp³-hybridized carbons (Fsp3) is 0.483. The number of phenolic OH excluding ortho intramolecular Hbond substituents is 1. The Morgan fingerprint density at radius 1 is 1.20 bits per heavy atom. The van der Waals surface area contributed by atoms with E-state index in [1.54, 1.807) is 49.6 Å². The van der Waals surface area contributed by atoms with Crippen molar-refractivity contribution >= 4 is 34.6 Å². The van der Waals surface area contributed by atoms with Gasteiger partial charge in [-0.25, -0.2) is 0 Å². The number of nitrogens with one attached hydrogen (secondary N) is 1. The normalized spacial score (nSPS) is 30.9. The first kappa shape index (κ1) is 28.7. The number of carbonyl (C=O) groups is 4. The molecule has 1 aromatic heterocycles.